The van der Waals surface area contributed by atoms with Crippen molar-refractivity contribution in [1.82, 2.24) is 0 Å². The summed E-state index contributed by atoms with van der Waals surface area (Å²) in [6.07, 6.45) is 18.7. The van der Waals surface area contributed by atoms with Crippen LogP contribution >= 0.6 is 0 Å². The second-order valence-corrected chi connectivity index (χ2v) is 17.6. The molecule has 0 bridgehead atoms. The van der Waals surface area contributed by atoms with Gasteiger partial charge >= 0.3 is 11.9 Å². The van der Waals surface area contributed by atoms with E-state index in [-0.39, 0.29) is 31.3 Å². The summed E-state index contributed by atoms with van der Waals surface area (Å²) in [5.74, 6) is 2.31. The third kappa shape index (κ3) is 12.4. The molecule has 0 aromatic heterocycles. The Hall–Kier alpha value is -3.18. The van der Waals surface area contributed by atoms with Crippen molar-refractivity contribution >= 4 is 11.9 Å². The number of aliphatic hydroxyl groups excluding tert-OH is 2. The molecule has 10 nitrogen and oxygen atoms in total. The molecule has 0 heterocycles. The van der Waals surface area contributed by atoms with E-state index in [1.165, 1.54) is 36.0 Å². The molecular weight excluding hydrogens is 737 g/mol. The van der Waals surface area contributed by atoms with Gasteiger partial charge < -0.3 is 39.4 Å². The van der Waals surface area contributed by atoms with Crippen molar-refractivity contribution < 1.29 is 49.0 Å². The van der Waals surface area contributed by atoms with Crippen LogP contribution in [0.1, 0.15) is 126 Å². The highest BCUT2D eigenvalue weighted by Gasteiger charge is 2.46. The van der Waals surface area contributed by atoms with Crippen LogP contribution in [0.5, 0.6) is 11.5 Å². The number of hydrogen-bond donors (Lipinski definition) is 4. The Labute approximate surface area is 347 Å². The summed E-state index contributed by atoms with van der Waals surface area (Å²) < 4.78 is 22.8. The topological polar surface area (TPSA) is 152 Å². The van der Waals surface area contributed by atoms with E-state index in [2.05, 4.69) is 26.0 Å². The fourth-order valence-electron chi connectivity index (χ4n) is 10.9. The smallest absolute Gasteiger partial charge is 0.341 e. The number of benzene rings is 2. The number of fused-ring (bicyclic) bond motifs is 4. The van der Waals surface area contributed by atoms with Crippen LogP contribution in [0.25, 0.3) is 0 Å². The van der Waals surface area contributed by atoms with E-state index in [0.717, 1.165) is 108 Å². The average molecular weight is 809 g/mol. The third-order valence-electron chi connectivity index (χ3n) is 13.9. The highest BCUT2D eigenvalue weighted by Crippen LogP contribution is 2.50. The van der Waals surface area contributed by atoms with Crippen LogP contribution in [0.15, 0.2) is 36.4 Å². The van der Waals surface area contributed by atoms with E-state index in [9.17, 15) is 19.8 Å². The lowest BCUT2D eigenvalue weighted by molar-refractivity contribution is -0.140. The van der Waals surface area contributed by atoms with E-state index in [0.29, 0.717) is 47.5 Å². The highest BCUT2D eigenvalue weighted by molar-refractivity contribution is 5.69. The summed E-state index contributed by atoms with van der Waals surface area (Å²) in [5.41, 5.74) is 4.83. The lowest BCUT2D eigenvalue weighted by Gasteiger charge is -2.33. The zero-order valence-corrected chi connectivity index (χ0v) is 35.6. The first-order valence-corrected chi connectivity index (χ1v) is 22.4. The molecule has 0 spiro atoms. The summed E-state index contributed by atoms with van der Waals surface area (Å²) in [6, 6.07) is 11.9. The number of carboxylic acid groups (broad SMARTS) is 2. The number of carbonyl (C=O) groups is 2. The quantitative estimate of drug-likeness (QED) is 0.0853. The molecule has 2 fully saturated rings. The van der Waals surface area contributed by atoms with Crippen molar-refractivity contribution in [2.75, 3.05) is 27.4 Å². The standard InChI is InChI=1S/C25H38O5.C23H34O5/c1-4-5-6-9-19(28-2)11-12-20-21-13-17-8-7-10-23(30-16-25(26)27)22(17)14-18(21)15-24(20)29-3;1-2-3-4-7-17(24)9-10-18-19-11-15-6-5-8-22(28-14-23(26)27)20(15)12-16(19)13-21(18)25/h7-8,10,18-21,24H,4-6,9,11-16H2,1-3H3,(H,26,27);5-6,8,16-19,21,24-25H,2-4,7,9-14H2,1H3,(H,26,27)/t18-,19-,20+,21-,24+;16-,17-,18+,19-,21+/m00/s1. The predicted octanol–water partition coefficient (Wildman–Crippen LogP) is 8.47. The monoisotopic (exact) mass is 809 g/mol. The van der Waals surface area contributed by atoms with Crippen LogP contribution in [0.4, 0.5) is 0 Å². The average Bonchev–Trinajstić information content (AvgIpc) is 3.72. The first kappa shape index (κ1) is 45.9. The van der Waals surface area contributed by atoms with E-state index in [4.69, 9.17) is 29.2 Å². The Morgan fingerprint density at radius 1 is 0.690 bits per heavy atom. The normalized spacial score (nSPS) is 26.6. The van der Waals surface area contributed by atoms with Gasteiger partial charge in [0.2, 0.25) is 0 Å². The Kier molecular flexibility index (Phi) is 18.2. The molecule has 2 aromatic carbocycles. The zero-order chi connectivity index (χ0) is 41.6. The van der Waals surface area contributed by atoms with Gasteiger partial charge in [-0.15, -0.1) is 0 Å². The maximum absolute atomic E-state index is 10.9. The number of methoxy groups -OCH3 is 2. The van der Waals surface area contributed by atoms with Gasteiger partial charge in [-0.25, -0.2) is 9.59 Å². The molecule has 4 aliphatic carbocycles. The molecular formula is C48H72O10. The number of rotatable bonds is 22. The Balaban J connectivity index is 0.000000221. The largest absolute Gasteiger partial charge is 0.482 e. The van der Waals surface area contributed by atoms with Gasteiger partial charge in [0.15, 0.2) is 13.2 Å². The number of aliphatic hydroxyl groups is 2. The second kappa shape index (κ2) is 23.0. The molecule has 10 heteroatoms. The molecule has 6 rings (SSSR count). The van der Waals surface area contributed by atoms with Gasteiger partial charge in [-0.1, -0.05) is 76.6 Å². The van der Waals surface area contributed by atoms with E-state index >= 15 is 0 Å². The van der Waals surface area contributed by atoms with Crippen LogP contribution < -0.4 is 9.47 Å². The molecule has 2 aromatic rings. The number of aliphatic carboxylic acids is 2. The lowest BCUT2D eigenvalue weighted by atomic mass is 9.73. The highest BCUT2D eigenvalue weighted by atomic mass is 16.5. The minimum absolute atomic E-state index is 0.238. The second-order valence-electron chi connectivity index (χ2n) is 17.6. The molecule has 0 saturated heterocycles. The van der Waals surface area contributed by atoms with Gasteiger partial charge in [0.05, 0.1) is 24.4 Å². The molecule has 0 amide bonds. The maximum Gasteiger partial charge on any atom is 0.341 e. The lowest BCUT2D eigenvalue weighted by Crippen LogP contribution is -2.28. The van der Waals surface area contributed by atoms with Crippen molar-refractivity contribution in [3.05, 3.63) is 58.7 Å². The van der Waals surface area contributed by atoms with Crippen molar-refractivity contribution in [2.45, 2.75) is 154 Å². The van der Waals surface area contributed by atoms with Gasteiger partial charge in [0, 0.05) is 14.2 Å². The first-order chi connectivity index (χ1) is 28.1. The SMILES string of the molecule is CCCCC[C@@H](CC[C@@H]1[C@H]2Cc3cccc(OCC(=O)O)c3C[C@H]2C[C@H]1OC)OC.CCCCC[C@H](O)CC[C@@H]1[C@H]2Cc3cccc(OCC(=O)O)c3C[C@H]2C[C@H]1O. The Morgan fingerprint density at radius 3 is 1.76 bits per heavy atom. The van der Waals surface area contributed by atoms with Gasteiger partial charge in [-0.05, 0) is 147 Å². The van der Waals surface area contributed by atoms with Crippen LogP contribution in [-0.4, -0.2) is 84.2 Å². The van der Waals surface area contributed by atoms with Crippen molar-refractivity contribution in [2.24, 2.45) is 35.5 Å². The predicted molar refractivity (Wildman–Crippen MR) is 224 cm³/mol. The summed E-state index contributed by atoms with van der Waals surface area (Å²) >= 11 is 0. The molecule has 2 saturated carbocycles. The van der Waals surface area contributed by atoms with Crippen LogP contribution in [0.2, 0.25) is 0 Å². The van der Waals surface area contributed by atoms with E-state index < -0.39 is 11.9 Å². The van der Waals surface area contributed by atoms with Crippen molar-refractivity contribution in [3.63, 3.8) is 0 Å². The van der Waals surface area contributed by atoms with Gasteiger partial charge in [0.1, 0.15) is 11.5 Å². The van der Waals surface area contributed by atoms with Gasteiger partial charge in [0.25, 0.3) is 0 Å². The summed E-state index contributed by atoms with van der Waals surface area (Å²) in [5, 5.41) is 38.8. The Morgan fingerprint density at radius 2 is 1.22 bits per heavy atom. The third-order valence-corrected chi connectivity index (χ3v) is 13.9. The van der Waals surface area contributed by atoms with E-state index in [1.54, 1.807) is 0 Å². The molecule has 0 unspecified atom stereocenters. The fourth-order valence-corrected chi connectivity index (χ4v) is 10.9. The van der Waals surface area contributed by atoms with Crippen molar-refractivity contribution in [3.8, 4) is 11.5 Å². The molecule has 324 valence electrons. The first-order valence-electron chi connectivity index (χ1n) is 22.4. The molecule has 4 N–H and O–H groups in total. The maximum atomic E-state index is 10.9. The van der Waals surface area contributed by atoms with Crippen LogP contribution in [0, 0.1) is 35.5 Å². The molecule has 0 aliphatic heterocycles. The summed E-state index contributed by atoms with van der Waals surface area (Å²) in [4.78, 5) is 21.8. The number of unbranched alkanes of at least 4 members (excludes halogenated alkanes) is 4. The molecule has 58 heavy (non-hydrogen) atoms. The summed E-state index contributed by atoms with van der Waals surface area (Å²) in [6.45, 7) is 3.79. The Bertz CT molecular complexity index is 1580. The van der Waals surface area contributed by atoms with Crippen molar-refractivity contribution in [1.29, 1.82) is 0 Å². The fraction of sp³-hybridized carbons (Fsp3) is 0.708. The zero-order valence-electron chi connectivity index (χ0n) is 35.6. The minimum Gasteiger partial charge on any atom is -0.482 e. The van der Waals surface area contributed by atoms with E-state index in [1.807, 2.05) is 38.5 Å². The number of carboxylic acids is 2. The number of hydrogen-bond acceptors (Lipinski definition) is 8. The molecule has 4 aliphatic rings. The van der Waals surface area contributed by atoms with Crippen LogP contribution in [0.3, 0.4) is 0 Å². The molecule has 10 atom stereocenters. The van der Waals surface area contributed by atoms with Crippen LogP contribution in [-0.2, 0) is 44.7 Å². The number of ether oxygens (including phenoxy) is 4. The van der Waals surface area contributed by atoms with Gasteiger partial charge in [-0.3, -0.25) is 0 Å². The van der Waals surface area contributed by atoms with Gasteiger partial charge in [-0.2, -0.15) is 0 Å². The summed E-state index contributed by atoms with van der Waals surface area (Å²) in [7, 11) is 3.69. The molecule has 0 radical (unpaired) electrons. The minimum atomic E-state index is -0.972.